The molecule has 0 unspecified atom stereocenters. The van der Waals surface area contributed by atoms with Crippen LogP contribution in [0.25, 0.3) is 11.3 Å². The number of aromatic nitrogens is 3. The highest BCUT2D eigenvalue weighted by atomic mass is 32.2. The molecule has 0 saturated heterocycles. The van der Waals surface area contributed by atoms with Crippen LogP contribution in [0.3, 0.4) is 0 Å². The summed E-state index contributed by atoms with van der Waals surface area (Å²) in [6, 6.07) is 7.42. The van der Waals surface area contributed by atoms with E-state index in [0.717, 1.165) is 28.7 Å². The van der Waals surface area contributed by atoms with Gasteiger partial charge in [0.05, 0.1) is 29.4 Å². The average molecular weight is 512 g/mol. The summed E-state index contributed by atoms with van der Waals surface area (Å²) >= 11 is 0. The molecule has 0 bridgehead atoms. The van der Waals surface area contributed by atoms with Gasteiger partial charge < -0.3 is 5.32 Å². The standard InChI is InChI=1S/C22H21F4N5O3S/c1-14(2)31(35(33,34)18-5-3-4-16(23)8-18)12-21(32)28-11-17-9-19(30-13-29-17)15-6-7-20(27-10-15)22(24,25)26/h3-10,13-14H,11-12H2,1-2H3,(H,28,32). The van der Waals surface area contributed by atoms with E-state index < -0.39 is 46.2 Å². The number of alkyl halides is 3. The first-order valence-electron chi connectivity index (χ1n) is 10.3. The second-order valence-electron chi connectivity index (χ2n) is 7.70. The van der Waals surface area contributed by atoms with Gasteiger partial charge in [-0.3, -0.25) is 9.78 Å². The number of carbonyl (C=O) groups excluding carboxylic acids is 1. The predicted molar refractivity (Wildman–Crippen MR) is 118 cm³/mol. The maximum Gasteiger partial charge on any atom is 0.433 e. The van der Waals surface area contributed by atoms with Gasteiger partial charge in [-0.1, -0.05) is 6.07 Å². The first-order chi connectivity index (χ1) is 16.4. The van der Waals surface area contributed by atoms with Crippen molar-refractivity contribution in [1.82, 2.24) is 24.6 Å². The second-order valence-corrected chi connectivity index (χ2v) is 9.59. The van der Waals surface area contributed by atoms with E-state index in [0.29, 0.717) is 17.0 Å². The Hall–Kier alpha value is -3.45. The molecule has 0 aliphatic carbocycles. The SMILES string of the molecule is CC(C)N(CC(=O)NCc1cc(-c2ccc(C(F)(F)F)nc2)ncn1)S(=O)(=O)c1cccc(F)c1. The van der Waals surface area contributed by atoms with Crippen LogP contribution in [-0.2, 0) is 27.5 Å². The highest BCUT2D eigenvalue weighted by molar-refractivity contribution is 7.89. The summed E-state index contributed by atoms with van der Waals surface area (Å²) in [6.45, 7) is 2.56. The number of carbonyl (C=O) groups is 1. The lowest BCUT2D eigenvalue weighted by Crippen LogP contribution is -2.44. The summed E-state index contributed by atoms with van der Waals surface area (Å²) in [5.41, 5.74) is -0.0823. The normalized spacial score (nSPS) is 12.2. The van der Waals surface area contributed by atoms with Crippen molar-refractivity contribution in [2.45, 2.75) is 37.5 Å². The Labute approximate surface area is 199 Å². The summed E-state index contributed by atoms with van der Waals surface area (Å²) < 4.78 is 78.4. The molecule has 0 fully saturated rings. The fraction of sp³-hybridized carbons (Fsp3) is 0.273. The Morgan fingerprint density at radius 1 is 1.09 bits per heavy atom. The number of halogens is 4. The van der Waals surface area contributed by atoms with E-state index in [4.69, 9.17) is 0 Å². The van der Waals surface area contributed by atoms with Crippen LogP contribution in [0.5, 0.6) is 0 Å². The molecule has 8 nitrogen and oxygen atoms in total. The maximum absolute atomic E-state index is 13.5. The predicted octanol–water partition coefficient (Wildman–Crippen LogP) is 3.41. The van der Waals surface area contributed by atoms with Crippen molar-refractivity contribution in [2.75, 3.05) is 6.54 Å². The quantitative estimate of drug-likeness (QED) is 0.465. The van der Waals surface area contributed by atoms with Crippen LogP contribution in [0.1, 0.15) is 25.2 Å². The zero-order valence-electron chi connectivity index (χ0n) is 18.6. The van der Waals surface area contributed by atoms with Crippen LogP contribution in [0.2, 0.25) is 0 Å². The molecule has 0 saturated carbocycles. The van der Waals surface area contributed by atoms with Crippen LogP contribution >= 0.6 is 0 Å². The number of benzene rings is 1. The van der Waals surface area contributed by atoms with Gasteiger partial charge >= 0.3 is 6.18 Å². The third-order valence-electron chi connectivity index (χ3n) is 4.82. The van der Waals surface area contributed by atoms with Gasteiger partial charge in [-0.25, -0.2) is 22.8 Å². The van der Waals surface area contributed by atoms with Gasteiger partial charge in [0.25, 0.3) is 0 Å². The molecule has 2 aromatic heterocycles. The fourth-order valence-electron chi connectivity index (χ4n) is 3.06. The third kappa shape index (κ3) is 6.57. The minimum absolute atomic E-state index is 0.0889. The fourth-order valence-corrected chi connectivity index (χ4v) is 4.68. The smallest absolute Gasteiger partial charge is 0.349 e. The Morgan fingerprint density at radius 2 is 1.83 bits per heavy atom. The van der Waals surface area contributed by atoms with Gasteiger partial charge in [-0.15, -0.1) is 0 Å². The van der Waals surface area contributed by atoms with Crippen molar-refractivity contribution in [2.24, 2.45) is 0 Å². The van der Waals surface area contributed by atoms with E-state index in [2.05, 4.69) is 20.3 Å². The topological polar surface area (TPSA) is 105 Å². The number of nitrogens with one attached hydrogen (secondary N) is 1. The van der Waals surface area contributed by atoms with E-state index in [1.54, 1.807) is 13.8 Å². The number of nitrogens with zero attached hydrogens (tertiary/aromatic N) is 4. The number of pyridine rings is 1. The Morgan fingerprint density at radius 3 is 2.43 bits per heavy atom. The maximum atomic E-state index is 13.5. The van der Waals surface area contributed by atoms with Crippen molar-refractivity contribution < 1.29 is 30.8 Å². The molecular formula is C22H21F4N5O3S. The second kappa shape index (κ2) is 10.4. The Kier molecular flexibility index (Phi) is 7.80. The average Bonchev–Trinajstić information content (AvgIpc) is 2.80. The van der Waals surface area contributed by atoms with Crippen LogP contribution in [0, 0.1) is 5.82 Å². The summed E-state index contributed by atoms with van der Waals surface area (Å²) in [6.07, 6.45) is -2.35. The summed E-state index contributed by atoms with van der Waals surface area (Å²) in [7, 11) is -4.14. The molecule has 1 amide bonds. The molecule has 2 heterocycles. The number of amides is 1. The van der Waals surface area contributed by atoms with Crippen molar-refractivity contribution in [1.29, 1.82) is 0 Å². The monoisotopic (exact) mass is 511 g/mol. The molecular weight excluding hydrogens is 490 g/mol. The molecule has 0 radical (unpaired) electrons. The minimum atomic E-state index is -4.56. The molecule has 186 valence electrons. The van der Waals surface area contributed by atoms with E-state index in [1.165, 1.54) is 30.6 Å². The molecule has 3 rings (SSSR count). The van der Waals surface area contributed by atoms with Crippen molar-refractivity contribution in [3.05, 3.63) is 72.2 Å². The number of hydrogen-bond donors (Lipinski definition) is 1. The molecule has 3 aromatic rings. The van der Waals surface area contributed by atoms with Gasteiger partial charge in [0, 0.05) is 17.8 Å². The lowest BCUT2D eigenvalue weighted by Gasteiger charge is -2.25. The van der Waals surface area contributed by atoms with Crippen molar-refractivity contribution in [3.63, 3.8) is 0 Å². The van der Waals surface area contributed by atoms with Crippen LogP contribution in [0.4, 0.5) is 17.6 Å². The van der Waals surface area contributed by atoms with Gasteiger partial charge in [-0.2, -0.15) is 17.5 Å². The third-order valence-corrected chi connectivity index (χ3v) is 6.84. The van der Waals surface area contributed by atoms with Crippen molar-refractivity contribution >= 4 is 15.9 Å². The molecule has 0 atom stereocenters. The number of rotatable bonds is 8. The van der Waals surface area contributed by atoms with Gasteiger partial charge in [0.15, 0.2) is 0 Å². The summed E-state index contributed by atoms with van der Waals surface area (Å²) in [4.78, 5) is 23.7. The molecule has 0 spiro atoms. The largest absolute Gasteiger partial charge is 0.433 e. The summed E-state index contributed by atoms with van der Waals surface area (Å²) in [5, 5.41) is 2.55. The minimum Gasteiger partial charge on any atom is -0.349 e. The van der Waals surface area contributed by atoms with Crippen LogP contribution in [0.15, 0.2) is 59.9 Å². The highest BCUT2D eigenvalue weighted by Crippen LogP contribution is 2.28. The zero-order chi connectivity index (χ0) is 25.8. The van der Waals surface area contributed by atoms with E-state index in [1.807, 2.05) is 0 Å². The first kappa shape index (κ1) is 26.2. The molecule has 1 N–H and O–H groups in total. The zero-order valence-corrected chi connectivity index (χ0v) is 19.4. The highest BCUT2D eigenvalue weighted by Gasteiger charge is 2.32. The number of sulfonamides is 1. The van der Waals surface area contributed by atoms with Gasteiger partial charge in [0.1, 0.15) is 17.8 Å². The lowest BCUT2D eigenvalue weighted by molar-refractivity contribution is -0.141. The van der Waals surface area contributed by atoms with E-state index >= 15 is 0 Å². The first-order valence-corrected chi connectivity index (χ1v) is 11.7. The Balaban J connectivity index is 1.69. The lowest BCUT2D eigenvalue weighted by atomic mass is 10.1. The number of hydrogen-bond acceptors (Lipinski definition) is 6. The molecule has 0 aliphatic rings. The molecule has 1 aromatic carbocycles. The van der Waals surface area contributed by atoms with Crippen molar-refractivity contribution in [3.8, 4) is 11.3 Å². The van der Waals surface area contributed by atoms with Gasteiger partial charge in [0.2, 0.25) is 15.9 Å². The Bertz CT molecular complexity index is 1300. The van der Waals surface area contributed by atoms with E-state index in [-0.39, 0.29) is 11.4 Å². The van der Waals surface area contributed by atoms with Crippen LogP contribution in [-0.4, -0.2) is 46.2 Å². The van der Waals surface area contributed by atoms with E-state index in [9.17, 15) is 30.8 Å². The van der Waals surface area contributed by atoms with Crippen LogP contribution < -0.4 is 5.32 Å². The molecule has 13 heteroatoms. The van der Waals surface area contributed by atoms with Gasteiger partial charge in [-0.05, 0) is 50.2 Å². The molecule has 35 heavy (non-hydrogen) atoms. The molecule has 0 aliphatic heterocycles. The summed E-state index contributed by atoms with van der Waals surface area (Å²) in [5.74, 6) is -1.35.